The Balaban J connectivity index is 1.80. The lowest BCUT2D eigenvalue weighted by Crippen LogP contribution is -2.36. The van der Waals surface area contributed by atoms with E-state index >= 15 is 0 Å². The molecule has 0 atom stereocenters. The molecule has 5 nitrogen and oxygen atoms in total. The van der Waals surface area contributed by atoms with Crippen molar-refractivity contribution in [2.24, 2.45) is 0 Å². The molecule has 192 valence electrons. The Labute approximate surface area is 205 Å². The smallest absolute Gasteiger partial charge is 0.416 e. The lowest BCUT2D eigenvalue weighted by atomic mass is 9.95. The summed E-state index contributed by atoms with van der Waals surface area (Å²) in [4.78, 5) is 15.9. The number of nitrogens with one attached hydrogen (secondary N) is 1. The zero-order valence-corrected chi connectivity index (χ0v) is 19.4. The summed E-state index contributed by atoms with van der Waals surface area (Å²) in [6.07, 6.45) is -8.18. The van der Waals surface area contributed by atoms with Crippen molar-refractivity contribution < 1.29 is 36.2 Å². The second-order valence-corrected chi connectivity index (χ2v) is 9.08. The lowest BCUT2D eigenvalue weighted by Gasteiger charge is -2.25. The van der Waals surface area contributed by atoms with Gasteiger partial charge in [0.05, 0.1) is 29.2 Å². The van der Waals surface area contributed by atoms with Crippen LogP contribution in [0, 0.1) is 0 Å². The molecule has 0 bridgehead atoms. The Kier molecular flexibility index (Phi) is 7.30. The van der Waals surface area contributed by atoms with Gasteiger partial charge in [0.15, 0.2) is 0 Å². The van der Waals surface area contributed by atoms with Crippen LogP contribution in [0.15, 0.2) is 53.3 Å². The molecule has 0 amide bonds. The highest BCUT2D eigenvalue weighted by Gasteiger charge is 2.37. The molecule has 0 saturated carbocycles. The zero-order valence-electron chi connectivity index (χ0n) is 18.5. The van der Waals surface area contributed by atoms with Crippen LogP contribution in [0.4, 0.5) is 26.3 Å². The Morgan fingerprint density at radius 2 is 1.64 bits per heavy atom. The van der Waals surface area contributed by atoms with Gasteiger partial charge in [-0.1, -0.05) is 35.6 Å². The Hall–Kier alpha value is -3.09. The Morgan fingerprint density at radius 3 is 2.19 bits per heavy atom. The summed E-state index contributed by atoms with van der Waals surface area (Å²) >= 11 is 0.747. The third-order valence-corrected chi connectivity index (χ3v) is 6.53. The molecule has 2 heterocycles. The van der Waals surface area contributed by atoms with Gasteiger partial charge in [-0.3, -0.25) is 14.7 Å². The van der Waals surface area contributed by atoms with Gasteiger partial charge in [-0.15, -0.1) is 0 Å². The Morgan fingerprint density at radius 1 is 1.00 bits per heavy atom. The quantitative estimate of drug-likeness (QED) is 0.421. The second-order valence-electron chi connectivity index (χ2n) is 8.10. The van der Waals surface area contributed by atoms with E-state index in [-0.39, 0.29) is 28.0 Å². The molecule has 0 aliphatic carbocycles. The fraction of sp³-hybridized carbons (Fsp3) is 0.292. The summed E-state index contributed by atoms with van der Waals surface area (Å²) in [6.45, 7) is 2.82. The van der Waals surface area contributed by atoms with Crippen LogP contribution in [0.2, 0.25) is 0 Å². The number of aromatic amines is 1. The van der Waals surface area contributed by atoms with Gasteiger partial charge in [0.2, 0.25) is 5.88 Å². The number of alkyl halides is 6. The molecule has 1 saturated heterocycles. The van der Waals surface area contributed by atoms with Crippen LogP contribution in [0.3, 0.4) is 0 Å². The van der Waals surface area contributed by atoms with E-state index < -0.39 is 28.4 Å². The maximum atomic E-state index is 13.4. The van der Waals surface area contributed by atoms with E-state index in [4.69, 9.17) is 4.74 Å². The fourth-order valence-corrected chi connectivity index (χ4v) is 4.63. The number of nitrogens with zero attached hydrogens (tertiary/aromatic N) is 1. The average molecular weight is 530 g/mol. The van der Waals surface area contributed by atoms with Crippen molar-refractivity contribution in [1.82, 2.24) is 9.88 Å². The van der Waals surface area contributed by atoms with Gasteiger partial charge in [0, 0.05) is 25.2 Å². The largest absolute Gasteiger partial charge is 0.493 e. The number of benzene rings is 2. The Bertz CT molecular complexity index is 1290. The number of aromatic nitrogens is 1. The van der Waals surface area contributed by atoms with Gasteiger partial charge in [-0.05, 0) is 41.0 Å². The number of rotatable bonds is 5. The molecule has 1 aliphatic rings. The van der Waals surface area contributed by atoms with Gasteiger partial charge >= 0.3 is 17.2 Å². The SMILES string of the molecule is O=c1[nH]c(O)c(C(=CCN2CCOCC2)c2cccc(-c3cc(C(F)(F)F)cc(C(F)(F)F)c3)c2)s1. The minimum atomic E-state index is -4.97. The molecule has 0 spiro atoms. The normalized spacial score (nSPS) is 15.9. The molecule has 1 aromatic heterocycles. The third-order valence-electron chi connectivity index (χ3n) is 5.63. The molecule has 0 radical (unpaired) electrons. The van der Waals surface area contributed by atoms with Crippen molar-refractivity contribution in [3.05, 3.63) is 79.8 Å². The fourth-order valence-electron chi connectivity index (χ4n) is 3.84. The van der Waals surface area contributed by atoms with Crippen molar-refractivity contribution >= 4 is 16.9 Å². The molecule has 0 unspecified atom stereocenters. The van der Waals surface area contributed by atoms with Gasteiger partial charge < -0.3 is 9.84 Å². The number of H-pyrrole nitrogens is 1. The third kappa shape index (κ3) is 6.00. The second kappa shape index (κ2) is 10.1. The van der Waals surface area contributed by atoms with E-state index in [1.54, 1.807) is 12.1 Å². The maximum Gasteiger partial charge on any atom is 0.416 e. The van der Waals surface area contributed by atoms with Crippen LogP contribution in [-0.4, -0.2) is 47.8 Å². The summed E-state index contributed by atoms with van der Waals surface area (Å²) in [6, 6.07) is 7.35. The van der Waals surface area contributed by atoms with E-state index in [1.165, 1.54) is 18.2 Å². The minimum Gasteiger partial charge on any atom is -0.493 e. The molecule has 12 heteroatoms. The van der Waals surface area contributed by atoms with Crippen LogP contribution in [0.25, 0.3) is 16.7 Å². The molecule has 2 N–H and O–H groups in total. The predicted octanol–water partition coefficient (Wildman–Crippen LogP) is 5.61. The first kappa shape index (κ1) is 26.0. The predicted molar refractivity (Wildman–Crippen MR) is 123 cm³/mol. The van der Waals surface area contributed by atoms with Crippen LogP contribution >= 0.6 is 11.3 Å². The summed E-state index contributed by atoms with van der Waals surface area (Å²) in [5.74, 6) is -0.373. The minimum absolute atomic E-state index is 0.0797. The van der Waals surface area contributed by atoms with E-state index in [0.29, 0.717) is 56.1 Å². The van der Waals surface area contributed by atoms with Crippen molar-refractivity contribution in [2.45, 2.75) is 12.4 Å². The van der Waals surface area contributed by atoms with Crippen LogP contribution < -0.4 is 4.87 Å². The van der Waals surface area contributed by atoms with E-state index in [2.05, 4.69) is 9.88 Å². The number of aromatic hydroxyl groups is 1. The molecule has 2 aromatic carbocycles. The van der Waals surface area contributed by atoms with E-state index in [0.717, 1.165) is 11.3 Å². The monoisotopic (exact) mass is 530 g/mol. The summed E-state index contributed by atoms with van der Waals surface area (Å²) in [7, 11) is 0. The highest BCUT2D eigenvalue weighted by Crippen LogP contribution is 2.39. The van der Waals surface area contributed by atoms with Gasteiger partial charge in [0.25, 0.3) is 0 Å². The van der Waals surface area contributed by atoms with Gasteiger partial charge in [0.1, 0.15) is 0 Å². The molecule has 4 rings (SSSR count). The summed E-state index contributed by atoms with van der Waals surface area (Å²) in [5, 5.41) is 10.3. The number of hydrogen-bond donors (Lipinski definition) is 2. The standard InChI is InChI=1S/C24H20F6N2O3S/c25-23(26,27)17-11-16(12-18(13-17)24(28,29)30)14-2-1-3-15(10-14)19(20-21(33)31-22(34)36-20)4-5-32-6-8-35-9-7-32/h1-4,10-13,33H,5-9H2,(H,31,34). The van der Waals surface area contributed by atoms with Crippen molar-refractivity contribution in [1.29, 1.82) is 0 Å². The first-order chi connectivity index (χ1) is 16.9. The first-order valence-electron chi connectivity index (χ1n) is 10.7. The maximum absolute atomic E-state index is 13.4. The number of ether oxygens (including phenoxy) is 1. The number of halogens is 6. The van der Waals surface area contributed by atoms with Crippen molar-refractivity contribution in [3.63, 3.8) is 0 Å². The number of morpholine rings is 1. The molecular weight excluding hydrogens is 510 g/mol. The average Bonchev–Trinajstić information content (AvgIpc) is 3.16. The van der Waals surface area contributed by atoms with Crippen molar-refractivity contribution in [2.75, 3.05) is 32.8 Å². The molecule has 1 fully saturated rings. The molecular formula is C24H20F6N2O3S. The highest BCUT2D eigenvalue weighted by molar-refractivity contribution is 7.10. The molecule has 3 aromatic rings. The first-order valence-corrected chi connectivity index (χ1v) is 11.6. The van der Waals surface area contributed by atoms with Crippen molar-refractivity contribution in [3.8, 4) is 17.0 Å². The van der Waals surface area contributed by atoms with Crippen LogP contribution in [-0.2, 0) is 17.1 Å². The van der Waals surface area contributed by atoms with E-state index in [1.807, 2.05) is 0 Å². The number of hydrogen-bond acceptors (Lipinski definition) is 5. The van der Waals surface area contributed by atoms with Gasteiger partial charge in [-0.25, -0.2) is 0 Å². The van der Waals surface area contributed by atoms with E-state index in [9.17, 15) is 36.2 Å². The van der Waals surface area contributed by atoms with Crippen LogP contribution in [0.1, 0.15) is 21.6 Å². The zero-order chi connectivity index (χ0) is 26.1. The topological polar surface area (TPSA) is 65.6 Å². The molecule has 36 heavy (non-hydrogen) atoms. The highest BCUT2D eigenvalue weighted by atomic mass is 32.1. The van der Waals surface area contributed by atoms with Gasteiger partial charge in [-0.2, -0.15) is 26.3 Å². The lowest BCUT2D eigenvalue weighted by molar-refractivity contribution is -0.143. The summed E-state index contributed by atoms with van der Waals surface area (Å²) < 4.78 is 85.5. The van der Waals surface area contributed by atoms with Crippen LogP contribution in [0.5, 0.6) is 5.88 Å². The number of thiazole rings is 1. The summed E-state index contributed by atoms with van der Waals surface area (Å²) in [5.41, 5.74) is -2.14. The molecule has 1 aliphatic heterocycles.